The molecule has 0 atom stereocenters. The Balaban J connectivity index is 2.28. The Hall–Kier alpha value is -0.830. The van der Waals surface area contributed by atoms with Crippen LogP contribution in [0.4, 0.5) is 0 Å². The highest BCUT2D eigenvalue weighted by Gasteiger charge is 1.95. The van der Waals surface area contributed by atoms with E-state index in [1.54, 1.807) is 6.26 Å². The SMILES string of the molecule is CC(C)NCc1cocn1. The van der Waals surface area contributed by atoms with E-state index in [1.165, 1.54) is 6.39 Å². The van der Waals surface area contributed by atoms with Gasteiger partial charge in [0.25, 0.3) is 0 Å². The molecule has 0 aliphatic carbocycles. The van der Waals surface area contributed by atoms with Crippen molar-refractivity contribution < 1.29 is 4.42 Å². The van der Waals surface area contributed by atoms with Crippen molar-refractivity contribution in [1.82, 2.24) is 10.3 Å². The normalized spacial score (nSPS) is 10.7. The van der Waals surface area contributed by atoms with Crippen LogP contribution in [0, 0.1) is 0 Å². The molecule has 3 nitrogen and oxygen atoms in total. The predicted octanol–water partition coefficient (Wildman–Crippen LogP) is 1.17. The second-order valence-electron chi connectivity index (χ2n) is 2.52. The molecular formula is C7H12N2O. The first kappa shape index (κ1) is 7.28. The number of aromatic nitrogens is 1. The molecule has 1 aromatic heterocycles. The lowest BCUT2D eigenvalue weighted by Gasteiger charge is -2.03. The Morgan fingerprint density at radius 1 is 1.70 bits per heavy atom. The first-order valence-corrected chi connectivity index (χ1v) is 3.39. The smallest absolute Gasteiger partial charge is 0.180 e. The van der Waals surface area contributed by atoms with Gasteiger partial charge in [-0.2, -0.15) is 0 Å². The average molecular weight is 140 g/mol. The summed E-state index contributed by atoms with van der Waals surface area (Å²) in [5.74, 6) is 0. The van der Waals surface area contributed by atoms with Gasteiger partial charge in [0.1, 0.15) is 6.26 Å². The van der Waals surface area contributed by atoms with Crippen molar-refractivity contribution in [2.45, 2.75) is 26.4 Å². The molecule has 0 radical (unpaired) electrons. The van der Waals surface area contributed by atoms with E-state index < -0.39 is 0 Å². The fraction of sp³-hybridized carbons (Fsp3) is 0.571. The van der Waals surface area contributed by atoms with Crippen molar-refractivity contribution >= 4 is 0 Å². The summed E-state index contributed by atoms with van der Waals surface area (Å²) >= 11 is 0. The van der Waals surface area contributed by atoms with Crippen LogP contribution in [0.15, 0.2) is 17.1 Å². The van der Waals surface area contributed by atoms with Gasteiger partial charge < -0.3 is 9.73 Å². The summed E-state index contributed by atoms with van der Waals surface area (Å²) < 4.78 is 4.80. The maximum Gasteiger partial charge on any atom is 0.180 e. The van der Waals surface area contributed by atoms with E-state index in [0.29, 0.717) is 6.04 Å². The molecule has 0 aliphatic rings. The Morgan fingerprint density at radius 2 is 2.50 bits per heavy atom. The number of nitrogens with one attached hydrogen (secondary N) is 1. The Labute approximate surface area is 60.5 Å². The zero-order chi connectivity index (χ0) is 7.40. The number of oxazole rings is 1. The summed E-state index contributed by atoms with van der Waals surface area (Å²) in [5, 5.41) is 3.23. The average Bonchev–Trinajstić information content (AvgIpc) is 2.34. The number of hydrogen-bond acceptors (Lipinski definition) is 3. The highest BCUT2D eigenvalue weighted by atomic mass is 16.3. The van der Waals surface area contributed by atoms with Gasteiger partial charge in [-0.25, -0.2) is 4.98 Å². The largest absolute Gasteiger partial charge is 0.451 e. The van der Waals surface area contributed by atoms with Crippen molar-refractivity contribution in [2.24, 2.45) is 0 Å². The molecule has 0 unspecified atom stereocenters. The van der Waals surface area contributed by atoms with Crippen LogP contribution < -0.4 is 5.32 Å². The highest BCUT2D eigenvalue weighted by molar-refractivity contribution is 4.89. The van der Waals surface area contributed by atoms with Gasteiger partial charge in [0.2, 0.25) is 0 Å². The lowest BCUT2D eigenvalue weighted by molar-refractivity contribution is 0.549. The van der Waals surface area contributed by atoms with Crippen molar-refractivity contribution in [3.63, 3.8) is 0 Å². The van der Waals surface area contributed by atoms with Gasteiger partial charge >= 0.3 is 0 Å². The van der Waals surface area contributed by atoms with Crippen molar-refractivity contribution in [2.75, 3.05) is 0 Å². The highest BCUT2D eigenvalue weighted by Crippen LogP contribution is 1.93. The zero-order valence-corrected chi connectivity index (χ0v) is 6.29. The third-order valence-corrected chi connectivity index (χ3v) is 1.17. The van der Waals surface area contributed by atoms with Crippen molar-refractivity contribution in [3.8, 4) is 0 Å². The Bertz CT molecular complexity index is 170. The van der Waals surface area contributed by atoms with Crippen LogP contribution in [0.3, 0.4) is 0 Å². The predicted molar refractivity (Wildman–Crippen MR) is 38.5 cm³/mol. The number of hydrogen-bond donors (Lipinski definition) is 1. The summed E-state index contributed by atoms with van der Waals surface area (Å²) in [7, 11) is 0. The molecule has 1 rings (SSSR count). The Kier molecular flexibility index (Phi) is 2.45. The summed E-state index contributed by atoms with van der Waals surface area (Å²) in [5.41, 5.74) is 0.953. The molecular weight excluding hydrogens is 128 g/mol. The molecule has 0 aromatic carbocycles. The van der Waals surface area contributed by atoms with E-state index in [0.717, 1.165) is 12.2 Å². The van der Waals surface area contributed by atoms with Crippen LogP contribution in [0.25, 0.3) is 0 Å². The van der Waals surface area contributed by atoms with Gasteiger partial charge in [0.05, 0.1) is 5.69 Å². The quantitative estimate of drug-likeness (QED) is 0.685. The first-order valence-electron chi connectivity index (χ1n) is 3.39. The molecule has 0 fully saturated rings. The fourth-order valence-corrected chi connectivity index (χ4v) is 0.634. The van der Waals surface area contributed by atoms with Crippen LogP contribution in [-0.4, -0.2) is 11.0 Å². The van der Waals surface area contributed by atoms with Crippen molar-refractivity contribution in [3.05, 3.63) is 18.4 Å². The van der Waals surface area contributed by atoms with Gasteiger partial charge in [0.15, 0.2) is 6.39 Å². The maximum absolute atomic E-state index is 4.80. The van der Waals surface area contributed by atoms with Gasteiger partial charge in [-0.1, -0.05) is 13.8 Å². The molecule has 3 heteroatoms. The summed E-state index contributed by atoms with van der Waals surface area (Å²) in [6.45, 7) is 4.98. The molecule has 0 amide bonds. The van der Waals surface area contributed by atoms with Gasteiger partial charge in [-0.3, -0.25) is 0 Å². The van der Waals surface area contributed by atoms with Gasteiger partial charge in [0, 0.05) is 12.6 Å². The Morgan fingerprint density at radius 3 is 3.00 bits per heavy atom. The van der Waals surface area contributed by atoms with Crippen molar-refractivity contribution in [1.29, 1.82) is 0 Å². The second-order valence-corrected chi connectivity index (χ2v) is 2.52. The summed E-state index contributed by atoms with van der Waals surface area (Å²) in [6, 6.07) is 0.497. The van der Waals surface area contributed by atoms with Gasteiger partial charge in [-0.05, 0) is 0 Å². The minimum Gasteiger partial charge on any atom is -0.451 e. The molecule has 0 saturated heterocycles. The summed E-state index contributed by atoms with van der Waals surface area (Å²) in [6.07, 6.45) is 3.09. The van der Waals surface area contributed by atoms with Crippen LogP contribution >= 0.6 is 0 Å². The zero-order valence-electron chi connectivity index (χ0n) is 6.29. The molecule has 10 heavy (non-hydrogen) atoms. The van der Waals surface area contributed by atoms with Crippen LogP contribution in [0.5, 0.6) is 0 Å². The second kappa shape index (κ2) is 3.37. The number of nitrogens with zero attached hydrogens (tertiary/aromatic N) is 1. The molecule has 1 heterocycles. The maximum atomic E-state index is 4.80. The minimum atomic E-state index is 0.497. The van der Waals surface area contributed by atoms with E-state index in [9.17, 15) is 0 Å². The third-order valence-electron chi connectivity index (χ3n) is 1.17. The first-order chi connectivity index (χ1) is 4.79. The van der Waals surface area contributed by atoms with Crippen LogP contribution in [0.1, 0.15) is 19.5 Å². The van der Waals surface area contributed by atoms with E-state index in [4.69, 9.17) is 4.42 Å². The molecule has 0 spiro atoms. The lowest BCUT2D eigenvalue weighted by Crippen LogP contribution is -2.21. The molecule has 1 aromatic rings. The van der Waals surface area contributed by atoms with Crippen LogP contribution in [-0.2, 0) is 6.54 Å². The monoisotopic (exact) mass is 140 g/mol. The topological polar surface area (TPSA) is 38.1 Å². The van der Waals surface area contributed by atoms with E-state index in [-0.39, 0.29) is 0 Å². The van der Waals surface area contributed by atoms with E-state index >= 15 is 0 Å². The molecule has 0 bridgehead atoms. The molecule has 0 saturated carbocycles. The lowest BCUT2D eigenvalue weighted by atomic mass is 10.4. The third kappa shape index (κ3) is 2.19. The molecule has 0 aliphatic heterocycles. The van der Waals surface area contributed by atoms with E-state index in [1.807, 2.05) is 0 Å². The minimum absolute atomic E-state index is 0.497. The van der Waals surface area contributed by atoms with Crippen LogP contribution in [0.2, 0.25) is 0 Å². The standard InChI is InChI=1S/C7H12N2O/c1-6(2)8-3-7-4-10-5-9-7/h4-6,8H,3H2,1-2H3. The molecule has 1 N–H and O–H groups in total. The summed E-state index contributed by atoms with van der Waals surface area (Å²) in [4.78, 5) is 3.96. The fourth-order valence-electron chi connectivity index (χ4n) is 0.634. The van der Waals surface area contributed by atoms with Gasteiger partial charge in [-0.15, -0.1) is 0 Å². The number of rotatable bonds is 3. The molecule has 56 valence electrons. The van der Waals surface area contributed by atoms with E-state index in [2.05, 4.69) is 24.1 Å².